The highest BCUT2D eigenvalue weighted by Crippen LogP contribution is 2.38. The van der Waals surface area contributed by atoms with E-state index in [0.717, 1.165) is 0 Å². The minimum Gasteiger partial charge on any atom is -0.389 e. The third kappa shape index (κ3) is 4.51. The van der Waals surface area contributed by atoms with Gasteiger partial charge in [-0.15, -0.1) is 11.3 Å². The molecule has 0 fully saturated rings. The van der Waals surface area contributed by atoms with E-state index in [2.05, 4.69) is 10.3 Å². The lowest BCUT2D eigenvalue weighted by molar-refractivity contribution is 0.0782. The number of pyridine rings is 1. The van der Waals surface area contributed by atoms with Gasteiger partial charge in [0.25, 0.3) is 5.91 Å². The lowest BCUT2D eigenvalue weighted by Gasteiger charge is -2.18. The molecule has 0 aliphatic rings. The first-order valence-corrected chi connectivity index (χ1v) is 10.2. The average molecular weight is 430 g/mol. The molecule has 0 saturated heterocycles. The van der Waals surface area contributed by atoms with Crippen molar-refractivity contribution in [3.8, 4) is 10.4 Å². The van der Waals surface area contributed by atoms with Crippen LogP contribution in [0.2, 0.25) is 0 Å². The zero-order valence-corrected chi connectivity index (χ0v) is 18.0. The van der Waals surface area contributed by atoms with Gasteiger partial charge >= 0.3 is 0 Å². The van der Waals surface area contributed by atoms with Gasteiger partial charge in [-0.3, -0.25) is 4.79 Å². The zero-order valence-electron chi connectivity index (χ0n) is 17.2. The quantitative estimate of drug-likeness (QED) is 0.465. The Morgan fingerprint density at radius 1 is 1.27 bits per heavy atom. The Morgan fingerprint density at radius 2 is 1.97 bits per heavy atom. The predicted molar refractivity (Wildman–Crippen MR) is 116 cm³/mol. The van der Waals surface area contributed by atoms with Gasteiger partial charge in [0.2, 0.25) is 0 Å². The molecule has 2 aromatic heterocycles. The Morgan fingerprint density at radius 3 is 2.50 bits per heavy atom. The summed E-state index contributed by atoms with van der Waals surface area (Å²) in [5, 5.41) is 23.3. The van der Waals surface area contributed by atoms with Gasteiger partial charge in [0.15, 0.2) is 0 Å². The minimum absolute atomic E-state index is 0.222. The highest BCUT2D eigenvalue weighted by atomic mass is 32.1. The van der Waals surface area contributed by atoms with Crippen LogP contribution in [0.5, 0.6) is 0 Å². The van der Waals surface area contributed by atoms with Gasteiger partial charge < -0.3 is 21.3 Å². The van der Waals surface area contributed by atoms with Gasteiger partial charge in [-0.05, 0) is 51.5 Å². The molecule has 5 N–H and O–H groups in total. The SMILES string of the molecule is Cc1nc(Nc2sc(-c3ccc(C(C)(C)O)cc3F)cc2C(N)=O)ccc1C(C)O. The second kappa shape index (κ2) is 8.14. The fraction of sp³-hybridized carbons (Fsp3) is 0.273. The number of hydrogen-bond donors (Lipinski definition) is 4. The van der Waals surface area contributed by atoms with E-state index in [9.17, 15) is 19.4 Å². The van der Waals surface area contributed by atoms with Crippen molar-refractivity contribution in [2.24, 2.45) is 5.73 Å². The largest absolute Gasteiger partial charge is 0.389 e. The van der Waals surface area contributed by atoms with E-state index in [1.54, 1.807) is 52.0 Å². The van der Waals surface area contributed by atoms with Crippen molar-refractivity contribution in [1.29, 1.82) is 0 Å². The molecule has 30 heavy (non-hydrogen) atoms. The molecule has 3 aromatic rings. The Balaban J connectivity index is 1.99. The van der Waals surface area contributed by atoms with Crippen molar-refractivity contribution in [2.45, 2.75) is 39.4 Å². The molecule has 1 unspecified atom stereocenters. The highest BCUT2D eigenvalue weighted by molar-refractivity contribution is 7.19. The van der Waals surface area contributed by atoms with Crippen LogP contribution >= 0.6 is 11.3 Å². The lowest BCUT2D eigenvalue weighted by atomic mass is 9.96. The number of anilines is 2. The summed E-state index contributed by atoms with van der Waals surface area (Å²) in [5.74, 6) is -0.676. The van der Waals surface area contributed by atoms with Gasteiger partial charge in [-0.2, -0.15) is 0 Å². The predicted octanol–water partition coefficient (Wildman–Crippen LogP) is 4.38. The van der Waals surface area contributed by atoms with Crippen LogP contribution in [0.15, 0.2) is 36.4 Å². The molecule has 0 saturated carbocycles. The normalized spacial score (nSPS) is 12.6. The molecule has 0 radical (unpaired) electrons. The first-order chi connectivity index (χ1) is 14.0. The highest BCUT2D eigenvalue weighted by Gasteiger charge is 2.21. The number of aliphatic hydroxyl groups is 2. The van der Waals surface area contributed by atoms with E-state index in [0.29, 0.717) is 38.1 Å². The molecule has 0 aliphatic heterocycles. The number of carbonyl (C=O) groups excluding carboxylic acids is 1. The number of amides is 1. The fourth-order valence-corrected chi connectivity index (χ4v) is 4.19. The number of rotatable bonds is 6. The molecule has 1 atom stereocenters. The molecular formula is C22H24FN3O3S. The number of nitrogens with zero attached hydrogens (tertiary/aromatic N) is 1. The lowest BCUT2D eigenvalue weighted by Crippen LogP contribution is -2.15. The maximum atomic E-state index is 14.7. The summed E-state index contributed by atoms with van der Waals surface area (Å²) in [5.41, 5.74) is 6.69. The monoisotopic (exact) mass is 429 g/mol. The second-order valence-corrected chi connectivity index (χ2v) is 8.70. The maximum Gasteiger partial charge on any atom is 0.251 e. The van der Waals surface area contributed by atoms with Crippen LogP contribution in [0.4, 0.5) is 15.2 Å². The average Bonchev–Trinajstić information content (AvgIpc) is 3.04. The molecule has 0 spiro atoms. The second-order valence-electron chi connectivity index (χ2n) is 7.64. The number of aliphatic hydroxyl groups excluding tert-OH is 1. The first kappa shape index (κ1) is 21.9. The van der Waals surface area contributed by atoms with E-state index in [1.165, 1.54) is 23.5 Å². The number of hydrogen-bond acceptors (Lipinski definition) is 6. The number of nitrogens with one attached hydrogen (secondary N) is 1. The van der Waals surface area contributed by atoms with Crippen molar-refractivity contribution in [1.82, 2.24) is 4.98 Å². The van der Waals surface area contributed by atoms with E-state index in [-0.39, 0.29) is 5.56 Å². The molecule has 1 amide bonds. The Labute approximate surface area is 178 Å². The maximum absolute atomic E-state index is 14.7. The zero-order chi connectivity index (χ0) is 22.2. The van der Waals surface area contributed by atoms with Crippen LogP contribution in [-0.4, -0.2) is 21.1 Å². The first-order valence-electron chi connectivity index (χ1n) is 9.36. The summed E-state index contributed by atoms with van der Waals surface area (Å²) in [6.07, 6.45) is -0.643. The molecule has 3 rings (SSSR count). The van der Waals surface area contributed by atoms with Crippen molar-refractivity contribution in [2.75, 3.05) is 5.32 Å². The van der Waals surface area contributed by atoms with E-state index < -0.39 is 23.4 Å². The van der Waals surface area contributed by atoms with Crippen LogP contribution in [0.3, 0.4) is 0 Å². The molecular weight excluding hydrogens is 405 g/mol. The summed E-state index contributed by atoms with van der Waals surface area (Å²) in [6, 6.07) is 9.48. The number of carbonyl (C=O) groups is 1. The summed E-state index contributed by atoms with van der Waals surface area (Å²) >= 11 is 1.18. The van der Waals surface area contributed by atoms with Crippen LogP contribution in [0, 0.1) is 12.7 Å². The summed E-state index contributed by atoms with van der Waals surface area (Å²) in [7, 11) is 0. The molecule has 0 aliphatic carbocycles. The topological polar surface area (TPSA) is 108 Å². The molecule has 2 heterocycles. The smallest absolute Gasteiger partial charge is 0.251 e. The Bertz CT molecular complexity index is 1100. The third-order valence-corrected chi connectivity index (χ3v) is 5.84. The summed E-state index contributed by atoms with van der Waals surface area (Å²) in [6.45, 7) is 6.60. The summed E-state index contributed by atoms with van der Waals surface area (Å²) < 4.78 is 14.7. The van der Waals surface area contributed by atoms with Gasteiger partial charge in [-0.25, -0.2) is 9.37 Å². The van der Waals surface area contributed by atoms with Crippen LogP contribution in [0.25, 0.3) is 10.4 Å². The number of aryl methyl sites for hydroxylation is 1. The van der Waals surface area contributed by atoms with Gasteiger partial charge in [0.1, 0.15) is 16.6 Å². The van der Waals surface area contributed by atoms with E-state index >= 15 is 0 Å². The molecule has 1 aromatic carbocycles. The third-order valence-electron chi connectivity index (χ3n) is 4.76. The minimum atomic E-state index is -1.17. The van der Waals surface area contributed by atoms with Crippen molar-refractivity contribution >= 4 is 28.1 Å². The standard InChI is InChI=1S/C22H24FN3O3S/c1-11-14(12(2)27)7-8-19(25-11)26-21-16(20(24)28)10-18(30-21)15-6-5-13(9-17(15)23)22(3,4)29/h5-10,12,27,29H,1-4H3,(H2,24,28)(H,25,26). The molecule has 0 bridgehead atoms. The fourth-order valence-electron chi connectivity index (χ4n) is 3.09. The van der Waals surface area contributed by atoms with Crippen LogP contribution < -0.4 is 11.1 Å². The van der Waals surface area contributed by atoms with Crippen molar-refractivity contribution < 1.29 is 19.4 Å². The number of nitrogens with two attached hydrogens (primary N) is 1. The molecule has 6 nitrogen and oxygen atoms in total. The number of benzene rings is 1. The molecule has 8 heteroatoms. The van der Waals surface area contributed by atoms with Crippen molar-refractivity contribution in [3.05, 3.63) is 64.6 Å². The number of thiophene rings is 1. The van der Waals surface area contributed by atoms with Gasteiger partial charge in [-0.1, -0.05) is 18.2 Å². The Hall–Kier alpha value is -2.81. The van der Waals surface area contributed by atoms with E-state index in [1.807, 2.05) is 0 Å². The van der Waals surface area contributed by atoms with Gasteiger partial charge in [0.05, 0.1) is 17.3 Å². The number of primary amides is 1. The van der Waals surface area contributed by atoms with Crippen molar-refractivity contribution in [3.63, 3.8) is 0 Å². The van der Waals surface area contributed by atoms with E-state index in [4.69, 9.17) is 5.73 Å². The van der Waals surface area contributed by atoms with Crippen LogP contribution in [-0.2, 0) is 5.60 Å². The van der Waals surface area contributed by atoms with Crippen LogP contribution in [0.1, 0.15) is 54.1 Å². The Kier molecular flexibility index (Phi) is 5.94. The number of aromatic nitrogens is 1. The number of halogens is 1. The van der Waals surface area contributed by atoms with Gasteiger partial charge in [0, 0.05) is 21.7 Å². The molecule has 158 valence electrons. The summed E-state index contributed by atoms with van der Waals surface area (Å²) in [4.78, 5) is 16.9.